The Morgan fingerprint density at radius 2 is 1.61 bits per heavy atom. The van der Waals surface area contributed by atoms with Crippen molar-refractivity contribution < 1.29 is 23.8 Å². The van der Waals surface area contributed by atoms with Crippen LogP contribution in [0.1, 0.15) is 80.2 Å². The number of rotatable bonds is 14. The number of likely N-dealkylation sites (tertiary alicyclic amines) is 1. The average molecular weight is 626 g/mol. The Labute approximate surface area is 272 Å². The first-order valence-corrected chi connectivity index (χ1v) is 16.6. The van der Waals surface area contributed by atoms with Crippen molar-refractivity contribution in [2.24, 2.45) is 0 Å². The van der Waals surface area contributed by atoms with E-state index in [2.05, 4.69) is 45.9 Å². The van der Waals surface area contributed by atoms with Gasteiger partial charge in [-0.2, -0.15) is 0 Å². The van der Waals surface area contributed by atoms with Crippen LogP contribution in [0.3, 0.4) is 0 Å². The normalized spacial score (nSPS) is 14.4. The summed E-state index contributed by atoms with van der Waals surface area (Å²) in [5.41, 5.74) is 4.00. The zero-order valence-electron chi connectivity index (χ0n) is 27.7. The molecule has 5 rings (SSSR count). The van der Waals surface area contributed by atoms with E-state index in [9.17, 15) is 9.59 Å². The molecule has 4 aromatic rings. The van der Waals surface area contributed by atoms with Crippen molar-refractivity contribution in [3.8, 4) is 5.75 Å². The fourth-order valence-electron chi connectivity index (χ4n) is 6.02. The van der Waals surface area contributed by atoms with Gasteiger partial charge < -0.3 is 23.7 Å². The molecule has 1 saturated heterocycles. The van der Waals surface area contributed by atoms with Gasteiger partial charge in [0.05, 0.1) is 35.2 Å². The van der Waals surface area contributed by atoms with E-state index in [-0.39, 0.29) is 11.9 Å². The first-order valence-electron chi connectivity index (χ1n) is 16.6. The molecule has 8 heteroatoms. The number of fused-ring (bicyclic) bond motifs is 1. The van der Waals surface area contributed by atoms with Gasteiger partial charge in [-0.05, 0) is 107 Å². The summed E-state index contributed by atoms with van der Waals surface area (Å²) in [6.45, 7) is 13.5. The topological polar surface area (TPSA) is 82.9 Å². The van der Waals surface area contributed by atoms with Gasteiger partial charge in [0.15, 0.2) is 0 Å². The van der Waals surface area contributed by atoms with Crippen molar-refractivity contribution in [2.45, 2.75) is 71.3 Å². The molecule has 0 bridgehead atoms. The Kier molecular flexibility index (Phi) is 11.3. The van der Waals surface area contributed by atoms with Crippen molar-refractivity contribution >= 4 is 23.0 Å². The summed E-state index contributed by atoms with van der Waals surface area (Å²) in [6.07, 6.45) is 3.91. The number of nitrogens with zero attached hydrogens (tertiary/aromatic N) is 3. The molecule has 1 aliphatic rings. The van der Waals surface area contributed by atoms with E-state index in [4.69, 9.17) is 19.2 Å². The summed E-state index contributed by atoms with van der Waals surface area (Å²) in [6, 6.07) is 23.2. The maximum absolute atomic E-state index is 13.1. The molecule has 8 nitrogen and oxygen atoms in total. The molecule has 1 aliphatic heterocycles. The SMILES string of the molecule is CCCOC(=O)c1ccc(OC(=O)C(C)(C)c2ccc(CCN3CCC(c4nc5ccccc5n4CCOCC)CC3)cc2)cc1. The van der Waals surface area contributed by atoms with Gasteiger partial charge in [0.25, 0.3) is 0 Å². The molecule has 0 unspecified atom stereocenters. The number of imidazole rings is 1. The number of piperidine rings is 1. The predicted octanol–water partition coefficient (Wildman–Crippen LogP) is 6.94. The van der Waals surface area contributed by atoms with Crippen molar-refractivity contribution in [3.63, 3.8) is 0 Å². The van der Waals surface area contributed by atoms with E-state index in [1.54, 1.807) is 24.3 Å². The van der Waals surface area contributed by atoms with E-state index in [0.29, 0.717) is 30.4 Å². The van der Waals surface area contributed by atoms with E-state index >= 15 is 0 Å². The first kappa shape index (κ1) is 33.4. The van der Waals surface area contributed by atoms with Crippen molar-refractivity contribution in [3.05, 3.63) is 95.3 Å². The van der Waals surface area contributed by atoms with E-state index < -0.39 is 5.41 Å². The third-order valence-corrected chi connectivity index (χ3v) is 8.94. The molecule has 0 spiro atoms. The molecule has 0 atom stereocenters. The number of carbonyl (C=O) groups excluding carboxylic acids is 2. The number of aromatic nitrogens is 2. The Morgan fingerprint density at radius 1 is 0.891 bits per heavy atom. The highest BCUT2D eigenvalue weighted by Gasteiger charge is 2.32. The molecular weight excluding hydrogens is 578 g/mol. The van der Waals surface area contributed by atoms with Gasteiger partial charge in [0, 0.05) is 25.6 Å². The van der Waals surface area contributed by atoms with E-state index in [1.165, 1.54) is 16.9 Å². The molecule has 2 heterocycles. The maximum Gasteiger partial charge on any atom is 0.338 e. The van der Waals surface area contributed by atoms with Crippen LogP contribution in [0.4, 0.5) is 0 Å². The number of carbonyl (C=O) groups is 2. The molecule has 1 aromatic heterocycles. The molecule has 244 valence electrons. The van der Waals surface area contributed by atoms with Crippen LogP contribution in [0, 0.1) is 0 Å². The third-order valence-electron chi connectivity index (χ3n) is 8.94. The Morgan fingerprint density at radius 3 is 2.30 bits per heavy atom. The molecule has 0 radical (unpaired) electrons. The lowest BCUT2D eigenvalue weighted by molar-refractivity contribution is -0.139. The predicted molar refractivity (Wildman–Crippen MR) is 180 cm³/mol. The van der Waals surface area contributed by atoms with Gasteiger partial charge in [-0.1, -0.05) is 43.3 Å². The van der Waals surface area contributed by atoms with Gasteiger partial charge in [-0.25, -0.2) is 9.78 Å². The molecule has 0 aliphatic carbocycles. The highest BCUT2D eigenvalue weighted by Crippen LogP contribution is 2.31. The second kappa shape index (κ2) is 15.5. The number of esters is 2. The lowest BCUT2D eigenvalue weighted by Gasteiger charge is -2.32. The van der Waals surface area contributed by atoms with Crippen LogP contribution in [0.2, 0.25) is 0 Å². The smallest absolute Gasteiger partial charge is 0.338 e. The quantitative estimate of drug-likeness (QED) is 0.0853. The van der Waals surface area contributed by atoms with Crippen LogP contribution < -0.4 is 4.74 Å². The molecule has 0 N–H and O–H groups in total. The minimum Gasteiger partial charge on any atom is -0.462 e. The zero-order valence-corrected chi connectivity index (χ0v) is 27.7. The van der Waals surface area contributed by atoms with Crippen LogP contribution in [0.15, 0.2) is 72.8 Å². The number of benzene rings is 3. The standard InChI is InChI=1S/C38H47N3O5/c1-5-26-45-36(42)30-13-17-32(18-14-30)46-37(43)38(3,4)31-15-11-28(12-16-31)19-22-40-23-20-29(21-24-40)35-39-33-9-7-8-10-34(33)41(35)25-27-44-6-2/h7-18,29H,5-6,19-27H2,1-4H3. The fraction of sp³-hybridized carbons (Fsp3) is 0.447. The van der Waals surface area contributed by atoms with Crippen LogP contribution >= 0.6 is 0 Å². The van der Waals surface area contributed by atoms with Crippen molar-refractivity contribution in [2.75, 3.05) is 39.5 Å². The second-order valence-corrected chi connectivity index (χ2v) is 12.5. The fourth-order valence-corrected chi connectivity index (χ4v) is 6.02. The molecule has 0 saturated carbocycles. The third kappa shape index (κ3) is 8.03. The van der Waals surface area contributed by atoms with Crippen LogP contribution in [0.5, 0.6) is 5.75 Å². The number of hydrogen-bond acceptors (Lipinski definition) is 7. The zero-order chi connectivity index (χ0) is 32.5. The summed E-state index contributed by atoms with van der Waals surface area (Å²) in [7, 11) is 0. The number of hydrogen-bond donors (Lipinski definition) is 0. The van der Waals surface area contributed by atoms with E-state index in [0.717, 1.165) is 69.5 Å². The molecule has 1 fully saturated rings. The minimum atomic E-state index is -0.835. The lowest BCUT2D eigenvalue weighted by Crippen LogP contribution is -2.35. The van der Waals surface area contributed by atoms with Gasteiger partial charge in [0.2, 0.25) is 0 Å². The van der Waals surface area contributed by atoms with Gasteiger partial charge in [-0.3, -0.25) is 4.79 Å². The summed E-state index contributed by atoms with van der Waals surface area (Å²) in [5, 5.41) is 0. The lowest BCUT2D eigenvalue weighted by atomic mass is 9.84. The monoisotopic (exact) mass is 625 g/mol. The Balaban J connectivity index is 1.12. The maximum atomic E-state index is 13.1. The highest BCUT2D eigenvalue weighted by atomic mass is 16.5. The largest absolute Gasteiger partial charge is 0.462 e. The van der Waals surface area contributed by atoms with Gasteiger partial charge in [-0.15, -0.1) is 0 Å². The second-order valence-electron chi connectivity index (χ2n) is 12.5. The summed E-state index contributed by atoms with van der Waals surface area (Å²) >= 11 is 0. The molecular formula is C38H47N3O5. The summed E-state index contributed by atoms with van der Waals surface area (Å²) in [5.74, 6) is 1.31. The summed E-state index contributed by atoms with van der Waals surface area (Å²) < 4.78 is 18.9. The first-order chi connectivity index (χ1) is 22.3. The van der Waals surface area contributed by atoms with Crippen LogP contribution in [-0.2, 0) is 32.6 Å². The number of ether oxygens (including phenoxy) is 3. The molecule has 3 aromatic carbocycles. The number of para-hydroxylation sites is 2. The van der Waals surface area contributed by atoms with Crippen molar-refractivity contribution in [1.29, 1.82) is 0 Å². The van der Waals surface area contributed by atoms with Crippen LogP contribution in [-0.4, -0.2) is 65.8 Å². The highest BCUT2D eigenvalue weighted by molar-refractivity contribution is 5.90. The summed E-state index contributed by atoms with van der Waals surface area (Å²) in [4.78, 5) is 32.8. The Bertz CT molecular complexity index is 1590. The Hall–Kier alpha value is -4.01. The van der Waals surface area contributed by atoms with Crippen LogP contribution in [0.25, 0.3) is 11.0 Å². The van der Waals surface area contributed by atoms with Gasteiger partial charge >= 0.3 is 11.9 Å². The minimum absolute atomic E-state index is 0.351. The average Bonchev–Trinajstić information content (AvgIpc) is 3.45. The molecule has 46 heavy (non-hydrogen) atoms. The van der Waals surface area contributed by atoms with Gasteiger partial charge in [0.1, 0.15) is 11.6 Å². The van der Waals surface area contributed by atoms with Crippen molar-refractivity contribution in [1.82, 2.24) is 14.5 Å². The molecule has 0 amide bonds. The van der Waals surface area contributed by atoms with E-state index in [1.807, 2.05) is 39.8 Å².